The number of fused-ring (bicyclic) bond motifs is 1. The molecule has 0 aliphatic rings. The van der Waals surface area contributed by atoms with Crippen LogP contribution in [0.3, 0.4) is 0 Å². The van der Waals surface area contributed by atoms with E-state index in [-0.39, 0.29) is 4.90 Å². The largest absolute Gasteiger partial charge is 0.424 e. The van der Waals surface area contributed by atoms with Crippen molar-refractivity contribution in [1.82, 2.24) is 24.5 Å². The SMILES string of the molecule is CCCc1ccc(S(=O)(=O)N[C@H](C)c2nnc(Oc3ccc4cc[nH]c4c3)n2CC)cc1. The molecule has 0 amide bonds. The first kappa shape index (κ1) is 22.0. The van der Waals surface area contributed by atoms with Crippen LogP contribution in [0.2, 0.25) is 0 Å². The number of hydrogen-bond donors (Lipinski definition) is 2. The molecule has 4 rings (SSSR count). The predicted molar refractivity (Wildman–Crippen MR) is 123 cm³/mol. The molecular weight excluding hydrogens is 426 g/mol. The van der Waals surface area contributed by atoms with Crippen molar-refractivity contribution in [2.24, 2.45) is 0 Å². The van der Waals surface area contributed by atoms with E-state index >= 15 is 0 Å². The maximum Gasteiger partial charge on any atom is 0.322 e. The van der Waals surface area contributed by atoms with Crippen LogP contribution in [0.1, 0.15) is 44.6 Å². The van der Waals surface area contributed by atoms with Crippen molar-refractivity contribution >= 4 is 20.9 Å². The van der Waals surface area contributed by atoms with Crippen molar-refractivity contribution in [3.8, 4) is 11.8 Å². The number of nitrogens with zero attached hydrogens (tertiary/aromatic N) is 3. The summed E-state index contributed by atoms with van der Waals surface area (Å²) in [6.07, 6.45) is 3.80. The molecule has 0 aliphatic carbocycles. The van der Waals surface area contributed by atoms with Gasteiger partial charge in [-0.05, 0) is 61.5 Å². The highest BCUT2D eigenvalue weighted by molar-refractivity contribution is 7.89. The summed E-state index contributed by atoms with van der Waals surface area (Å²) in [5, 5.41) is 9.44. The summed E-state index contributed by atoms with van der Waals surface area (Å²) in [4.78, 5) is 3.37. The second kappa shape index (κ2) is 9.13. The average molecular weight is 454 g/mol. The quantitative estimate of drug-likeness (QED) is 0.387. The molecule has 168 valence electrons. The molecule has 32 heavy (non-hydrogen) atoms. The Morgan fingerprint density at radius 3 is 2.59 bits per heavy atom. The Hall–Kier alpha value is -3.17. The van der Waals surface area contributed by atoms with Gasteiger partial charge in [-0.25, -0.2) is 13.1 Å². The Morgan fingerprint density at radius 2 is 1.88 bits per heavy atom. The highest BCUT2D eigenvalue weighted by atomic mass is 32.2. The standard InChI is InChI=1S/C23H27N5O3S/c1-4-6-17-7-11-20(12-8-17)32(29,30)27-16(3)22-25-26-23(28(22)5-2)31-19-10-9-18-13-14-24-21(18)15-19/h7-16,24,27H,4-6H2,1-3H3/t16-/m1/s1. The molecule has 0 saturated carbocycles. The van der Waals surface area contributed by atoms with Crippen molar-refractivity contribution in [2.45, 2.75) is 51.1 Å². The number of sulfonamides is 1. The Morgan fingerprint density at radius 1 is 1.09 bits per heavy atom. The first-order valence-corrected chi connectivity index (χ1v) is 12.2. The van der Waals surface area contributed by atoms with Crippen LogP contribution in [0.5, 0.6) is 11.8 Å². The number of ether oxygens (including phenoxy) is 1. The normalized spacial score (nSPS) is 12.8. The molecule has 2 aromatic heterocycles. The molecular formula is C23H27N5O3S. The summed E-state index contributed by atoms with van der Waals surface area (Å²) in [5.41, 5.74) is 2.07. The summed E-state index contributed by atoms with van der Waals surface area (Å²) in [6.45, 7) is 6.30. The minimum Gasteiger partial charge on any atom is -0.424 e. The second-order valence-corrected chi connectivity index (χ2v) is 9.36. The molecule has 0 fully saturated rings. The molecule has 0 aliphatic heterocycles. The third-order valence-electron chi connectivity index (χ3n) is 5.29. The van der Waals surface area contributed by atoms with Gasteiger partial charge in [0.2, 0.25) is 10.0 Å². The summed E-state index contributed by atoms with van der Waals surface area (Å²) < 4.78 is 36.2. The lowest BCUT2D eigenvalue weighted by Crippen LogP contribution is -2.29. The second-order valence-electron chi connectivity index (χ2n) is 7.65. The third-order valence-corrected chi connectivity index (χ3v) is 6.85. The van der Waals surface area contributed by atoms with Crippen LogP contribution in [0.25, 0.3) is 10.9 Å². The van der Waals surface area contributed by atoms with E-state index in [1.54, 1.807) is 23.6 Å². The fraction of sp³-hybridized carbons (Fsp3) is 0.304. The van der Waals surface area contributed by atoms with Gasteiger partial charge in [0.1, 0.15) is 5.75 Å². The van der Waals surface area contributed by atoms with Crippen LogP contribution >= 0.6 is 0 Å². The molecule has 8 nitrogen and oxygen atoms in total. The predicted octanol–water partition coefficient (Wildman–Crippen LogP) is 4.56. The molecule has 1 atom stereocenters. The molecule has 2 aromatic carbocycles. The van der Waals surface area contributed by atoms with E-state index in [0.29, 0.717) is 24.1 Å². The van der Waals surface area contributed by atoms with Crippen LogP contribution in [-0.2, 0) is 23.0 Å². The number of nitrogens with one attached hydrogen (secondary N) is 2. The zero-order valence-corrected chi connectivity index (χ0v) is 19.2. The molecule has 0 unspecified atom stereocenters. The van der Waals surface area contributed by atoms with Crippen LogP contribution in [0, 0.1) is 0 Å². The number of benzene rings is 2. The van der Waals surface area contributed by atoms with Crippen LogP contribution < -0.4 is 9.46 Å². The lowest BCUT2D eigenvalue weighted by atomic mass is 10.1. The van der Waals surface area contributed by atoms with E-state index in [2.05, 4.69) is 26.8 Å². The van der Waals surface area contributed by atoms with Gasteiger partial charge in [-0.15, -0.1) is 5.10 Å². The summed E-state index contributed by atoms with van der Waals surface area (Å²) in [6, 6.07) is 14.4. The summed E-state index contributed by atoms with van der Waals surface area (Å²) in [7, 11) is -3.71. The van der Waals surface area contributed by atoms with Crippen molar-refractivity contribution in [1.29, 1.82) is 0 Å². The number of aryl methyl sites for hydroxylation is 1. The Kier molecular flexibility index (Phi) is 6.29. The first-order valence-electron chi connectivity index (χ1n) is 10.7. The van der Waals surface area contributed by atoms with E-state index in [1.165, 1.54) is 0 Å². The lowest BCUT2D eigenvalue weighted by Gasteiger charge is -2.15. The van der Waals surface area contributed by atoms with Gasteiger partial charge in [-0.2, -0.15) is 0 Å². The van der Waals surface area contributed by atoms with Gasteiger partial charge in [0, 0.05) is 24.3 Å². The van der Waals surface area contributed by atoms with E-state index in [1.807, 2.05) is 49.5 Å². The number of rotatable bonds is 9. The fourth-order valence-corrected chi connectivity index (χ4v) is 4.87. The van der Waals surface area contributed by atoms with Crippen molar-refractivity contribution in [3.63, 3.8) is 0 Å². The molecule has 0 bridgehead atoms. The van der Waals surface area contributed by atoms with Gasteiger partial charge in [-0.3, -0.25) is 4.57 Å². The van der Waals surface area contributed by atoms with Crippen LogP contribution in [0.15, 0.2) is 59.6 Å². The van der Waals surface area contributed by atoms with E-state index in [9.17, 15) is 8.42 Å². The van der Waals surface area contributed by atoms with Gasteiger partial charge in [0.05, 0.1) is 10.9 Å². The molecule has 0 spiro atoms. The lowest BCUT2D eigenvalue weighted by molar-refractivity contribution is 0.408. The smallest absolute Gasteiger partial charge is 0.322 e. The number of H-pyrrole nitrogens is 1. The maximum atomic E-state index is 12.9. The van der Waals surface area contributed by atoms with Gasteiger partial charge in [0.25, 0.3) is 0 Å². The van der Waals surface area contributed by atoms with Crippen molar-refractivity contribution in [2.75, 3.05) is 0 Å². The van der Waals surface area contributed by atoms with Crippen LogP contribution in [-0.4, -0.2) is 28.2 Å². The molecule has 9 heteroatoms. The third kappa shape index (κ3) is 4.53. The van der Waals surface area contributed by atoms with Gasteiger partial charge in [0.15, 0.2) is 5.82 Å². The van der Waals surface area contributed by atoms with Gasteiger partial charge >= 0.3 is 6.01 Å². The highest BCUT2D eigenvalue weighted by Gasteiger charge is 2.24. The van der Waals surface area contributed by atoms with Gasteiger partial charge in [-0.1, -0.05) is 30.6 Å². The van der Waals surface area contributed by atoms with E-state index in [0.717, 1.165) is 29.3 Å². The zero-order valence-electron chi connectivity index (χ0n) is 18.4. The first-order chi connectivity index (χ1) is 15.4. The maximum absolute atomic E-state index is 12.9. The van der Waals surface area contributed by atoms with E-state index in [4.69, 9.17) is 4.74 Å². The number of hydrogen-bond acceptors (Lipinski definition) is 5. The Balaban J connectivity index is 1.53. The minimum absolute atomic E-state index is 0.225. The Bertz CT molecular complexity index is 1310. The molecule has 0 radical (unpaired) electrons. The van der Waals surface area contributed by atoms with E-state index < -0.39 is 16.1 Å². The molecule has 2 N–H and O–H groups in total. The highest BCUT2D eigenvalue weighted by Crippen LogP contribution is 2.26. The summed E-state index contributed by atoms with van der Waals surface area (Å²) in [5.74, 6) is 1.10. The average Bonchev–Trinajstić information content (AvgIpc) is 3.40. The molecule has 2 heterocycles. The van der Waals surface area contributed by atoms with Crippen molar-refractivity contribution in [3.05, 3.63) is 66.1 Å². The minimum atomic E-state index is -3.71. The number of aromatic amines is 1. The van der Waals surface area contributed by atoms with Gasteiger partial charge < -0.3 is 9.72 Å². The fourth-order valence-electron chi connectivity index (χ4n) is 3.67. The summed E-state index contributed by atoms with van der Waals surface area (Å²) >= 11 is 0. The Labute approximate surface area is 187 Å². The monoisotopic (exact) mass is 453 g/mol. The van der Waals surface area contributed by atoms with Crippen LogP contribution in [0.4, 0.5) is 0 Å². The topological polar surface area (TPSA) is 102 Å². The van der Waals surface area contributed by atoms with Crippen molar-refractivity contribution < 1.29 is 13.2 Å². The molecule has 0 saturated heterocycles. The molecule has 4 aromatic rings. The number of aromatic nitrogens is 4. The zero-order chi connectivity index (χ0) is 22.7.